The zero-order valence-electron chi connectivity index (χ0n) is 17.4. The van der Waals surface area contributed by atoms with Crippen molar-refractivity contribution in [3.05, 3.63) is 69.2 Å². The fourth-order valence-electron chi connectivity index (χ4n) is 4.11. The van der Waals surface area contributed by atoms with E-state index in [2.05, 4.69) is 56.1 Å². The lowest BCUT2D eigenvalue weighted by Gasteiger charge is -2.32. The Morgan fingerprint density at radius 2 is 1.79 bits per heavy atom. The average molecular weight is 399 g/mol. The summed E-state index contributed by atoms with van der Waals surface area (Å²) >= 11 is 6.08. The molecule has 2 aromatic carbocycles. The number of carbonyl (C=O) groups excluding carboxylic acids is 1. The molecule has 0 spiro atoms. The molecule has 1 fully saturated rings. The molecule has 1 aliphatic rings. The summed E-state index contributed by atoms with van der Waals surface area (Å²) < 4.78 is 0. The van der Waals surface area contributed by atoms with E-state index in [1.165, 1.54) is 27.8 Å². The molecule has 0 radical (unpaired) electrons. The predicted molar refractivity (Wildman–Crippen MR) is 117 cm³/mol. The molecule has 3 rings (SSSR count). The van der Waals surface area contributed by atoms with Crippen LogP contribution in [0, 0.1) is 26.7 Å². The van der Waals surface area contributed by atoms with Gasteiger partial charge in [0.1, 0.15) is 0 Å². The molecule has 1 aliphatic heterocycles. The van der Waals surface area contributed by atoms with Crippen molar-refractivity contribution in [2.24, 2.45) is 5.92 Å². The van der Waals surface area contributed by atoms with Gasteiger partial charge in [0.05, 0.1) is 6.04 Å². The van der Waals surface area contributed by atoms with Crippen molar-refractivity contribution in [2.75, 3.05) is 13.1 Å². The van der Waals surface area contributed by atoms with Crippen molar-refractivity contribution in [1.82, 2.24) is 10.2 Å². The molecule has 150 valence electrons. The molecule has 2 aromatic rings. The molecular formula is C24H31ClN2O. The van der Waals surface area contributed by atoms with Crippen LogP contribution >= 0.6 is 11.6 Å². The Kier molecular flexibility index (Phi) is 6.79. The van der Waals surface area contributed by atoms with Crippen molar-refractivity contribution < 1.29 is 4.79 Å². The van der Waals surface area contributed by atoms with Gasteiger partial charge in [-0.1, -0.05) is 35.9 Å². The lowest BCUT2D eigenvalue weighted by Crippen LogP contribution is -2.41. The van der Waals surface area contributed by atoms with Gasteiger partial charge in [-0.3, -0.25) is 9.69 Å². The minimum Gasteiger partial charge on any atom is -0.349 e. The summed E-state index contributed by atoms with van der Waals surface area (Å²) in [5, 5.41) is 4.03. The molecule has 0 aromatic heterocycles. The first-order valence-electron chi connectivity index (χ1n) is 10.2. The molecule has 0 bridgehead atoms. The molecule has 0 aliphatic carbocycles. The number of rotatable bonds is 5. The number of hydrogen-bond donors (Lipinski definition) is 1. The molecular weight excluding hydrogens is 368 g/mol. The normalized spacial score (nSPS) is 16.8. The molecule has 1 heterocycles. The molecule has 3 nitrogen and oxygen atoms in total. The average Bonchev–Trinajstić information content (AvgIpc) is 2.65. The molecule has 0 unspecified atom stereocenters. The standard InChI is InChI=1S/C24H31ClN2O/c1-16-12-18(3)23(13-17(16)2)19(4)26-24(28)21-8-10-27(11-9-21)15-20-6-5-7-22(25)14-20/h5-7,12-14,19,21H,8-11,15H2,1-4H3,(H,26,28)/t19-/m1/s1. The Labute approximate surface area is 174 Å². The number of nitrogens with one attached hydrogen (secondary N) is 1. The second-order valence-corrected chi connectivity index (χ2v) is 8.64. The van der Waals surface area contributed by atoms with Crippen molar-refractivity contribution in [3.63, 3.8) is 0 Å². The van der Waals surface area contributed by atoms with Gasteiger partial charge >= 0.3 is 0 Å². The van der Waals surface area contributed by atoms with E-state index in [0.29, 0.717) is 0 Å². The third-order valence-electron chi connectivity index (χ3n) is 5.96. The third-order valence-corrected chi connectivity index (χ3v) is 6.20. The van der Waals surface area contributed by atoms with Gasteiger partial charge < -0.3 is 5.32 Å². The lowest BCUT2D eigenvalue weighted by molar-refractivity contribution is -0.127. The van der Waals surface area contributed by atoms with E-state index in [1.807, 2.05) is 18.2 Å². The summed E-state index contributed by atoms with van der Waals surface area (Å²) in [5.74, 6) is 0.289. The Bertz CT molecular complexity index is 840. The van der Waals surface area contributed by atoms with Gasteiger partial charge in [0.2, 0.25) is 5.91 Å². The van der Waals surface area contributed by atoms with Crippen molar-refractivity contribution in [2.45, 2.75) is 53.1 Å². The smallest absolute Gasteiger partial charge is 0.223 e. The topological polar surface area (TPSA) is 32.3 Å². The first-order valence-corrected chi connectivity index (χ1v) is 10.6. The highest BCUT2D eigenvalue weighted by Gasteiger charge is 2.26. The highest BCUT2D eigenvalue weighted by atomic mass is 35.5. The molecule has 1 atom stereocenters. The fraction of sp³-hybridized carbons (Fsp3) is 0.458. The molecule has 1 saturated heterocycles. The van der Waals surface area contributed by atoms with Crippen LogP contribution in [0.25, 0.3) is 0 Å². The first kappa shape index (κ1) is 20.9. The lowest BCUT2D eigenvalue weighted by atomic mass is 9.93. The zero-order chi connectivity index (χ0) is 20.3. The van der Waals surface area contributed by atoms with E-state index in [-0.39, 0.29) is 17.9 Å². The summed E-state index contributed by atoms with van der Waals surface area (Å²) in [5.41, 5.74) is 6.26. The van der Waals surface area contributed by atoms with E-state index >= 15 is 0 Å². The quantitative estimate of drug-likeness (QED) is 0.735. The van der Waals surface area contributed by atoms with Gasteiger partial charge in [0.15, 0.2) is 0 Å². The number of amides is 1. The van der Waals surface area contributed by atoms with Gasteiger partial charge in [-0.2, -0.15) is 0 Å². The molecule has 1 amide bonds. The van der Waals surface area contributed by atoms with Gasteiger partial charge in [-0.25, -0.2) is 0 Å². The highest BCUT2D eigenvalue weighted by Crippen LogP contribution is 2.24. The fourth-order valence-corrected chi connectivity index (χ4v) is 4.32. The maximum atomic E-state index is 12.8. The molecule has 28 heavy (non-hydrogen) atoms. The van der Waals surface area contributed by atoms with Crippen LogP contribution in [0.3, 0.4) is 0 Å². The number of halogens is 1. The monoisotopic (exact) mass is 398 g/mol. The third kappa shape index (κ3) is 5.15. The minimum absolute atomic E-state index is 0.0382. The molecule has 4 heteroatoms. The number of carbonyl (C=O) groups is 1. The highest BCUT2D eigenvalue weighted by molar-refractivity contribution is 6.30. The van der Waals surface area contributed by atoms with E-state index in [0.717, 1.165) is 37.5 Å². The van der Waals surface area contributed by atoms with Crippen LogP contribution in [-0.4, -0.2) is 23.9 Å². The first-order chi connectivity index (χ1) is 13.3. The van der Waals surface area contributed by atoms with Crippen molar-refractivity contribution >= 4 is 17.5 Å². The maximum Gasteiger partial charge on any atom is 0.223 e. The summed E-state index contributed by atoms with van der Waals surface area (Å²) in [7, 11) is 0. The SMILES string of the molecule is Cc1cc(C)c([C@@H](C)NC(=O)C2CCN(Cc3cccc(Cl)c3)CC2)cc1C. The van der Waals surface area contributed by atoms with Gasteiger partial charge in [0, 0.05) is 17.5 Å². The van der Waals surface area contributed by atoms with Crippen LogP contribution in [0.1, 0.15) is 53.6 Å². The second-order valence-electron chi connectivity index (χ2n) is 8.20. The minimum atomic E-state index is 0.0382. The Morgan fingerprint density at radius 3 is 2.46 bits per heavy atom. The molecule has 1 N–H and O–H groups in total. The second kappa shape index (κ2) is 9.11. The Balaban J connectivity index is 1.53. The van der Waals surface area contributed by atoms with Gasteiger partial charge in [0.25, 0.3) is 0 Å². The van der Waals surface area contributed by atoms with Gasteiger partial charge in [-0.15, -0.1) is 0 Å². The predicted octanol–water partition coefficient (Wildman–Crippen LogP) is 5.35. The zero-order valence-corrected chi connectivity index (χ0v) is 18.1. The van der Waals surface area contributed by atoms with E-state index in [9.17, 15) is 4.79 Å². The number of nitrogens with zero attached hydrogens (tertiary/aromatic N) is 1. The van der Waals surface area contributed by atoms with E-state index in [4.69, 9.17) is 11.6 Å². The van der Waals surface area contributed by atoms with Crippen LogP contribution < -0.4 is 5.32 Å². The number of hydrogen-bond acceptors (Lipinski definition) is 2. The number of piperidine rings is 1. The number of likely N-dealkylation sites (tertiary alicyclic amines) is 1. The summed E-state index contributed by atoms with van der Waals surface area (Å²) in [4.78, 5) is 15.2. The summed E-state index contributed by atoms with van der Waals surface area (Å²) in [6, 6.07) is 12.5. The van der Waals surface area contributed by atoms with Crippen LogP contribution in [-0.2, 0) is 11.3 Å². The molecule has 0 saturated carbocycles. The maximum absolute atomic E-state index is 12.8. The number of benzene rings is 2. The van der Waals surface area contributed by atoms with Crippen molar-refractivity contribution in [3.8, 4) is 0 Å². The van der Waals surface area contributed by atoms with Crippen LogP contribution in [0.15, 0.2) is 36.4 Å². The summed E-state index contributed by atoms with van der Waals surface area (Å²) in [6.07, 6.45) is 1.82. The van der Waals surface area contributed by atoms with E-state index in [1.54, 1.807) is 0 Å². The largest absolute Gasteiger partial charge is 0.349 e. The van der Waals surface area contributed by atoms with Crippen LogP contribution in [0.5, 0.6) is 0 Å². The van der Waals surface area contributed by atoms with Crippen LogP contribution in [0.4, 0.5) is 0 Å². The number of aryl methyl sites for hydroxylation is 3. The van der Waals surface area contributed by atoms with Crippen LogP contribution in [0.2, 0.25) is 5.02 Å². The van der Waals surface area contributed by atoms with Crippen molar-refractivity contribution in [1.29, 1.82) is 0 Å². The Morgan fingerprint density at radius 1 is 1.11 bits per heavy atom. The summed E-state index contributed by atoms with van der Waals surface area (Å²) in [6.45, 7) is 11.3. The van der Waals surface area contributed by atoms with E-state index < -0.39 is 0 Å². The Hall–Kier alpha value is -1.84. The van der Waals surface area contributed by atoms with Gasteiger partial charge in [-0.05, 0) is 93.6 Å².